The van der Waals surface area contributed by atoms with Crippen LogP contribution in [0.25, 0.3) is 0 Å². The summed E-state index contributed by atoms with van der Waals surface area (Å²) in [4.78, 5) is 47.2. The number of methoxy groups -OCH3 is 4. The number of nitro groups is 1. The summed E-state index contributed by atoms with van der Waals surface area (Å²) in [6.45, 7) is 0. The summed E-state index contributed by atoms with van der Waals surface area (Å²) < 4.78 is 19.4. The number of hydrogen-bond acceptors (Lipinski definition) is 9. The zero-order valence-electron chi connectivity index (χ0n) is 16.5. The molecule has 30 heavy (non-hydrogen) atoms. The summed E-state index contributed by atoms with van der Waals surface area (Å²) in [5, 5.41) is 13.8. The van der Waals surface area contributed by atoms with E-state index >= 15 is 0 Å². The van der Waals surface area contributed by atoms with Crippen molar-refractivity contribution in [2.75, 3.05) is 33.8 Å². The molecule has 0 fully saturated rings. The molecule has 0 saturated carbocycles. The van der Waals surface area contributed by atoms with Gasteiger partial charge in [0.15, 0.2) is 11.5 Å². The monoisotopic (exact) mass is 418 g/mol. The Labute approximate surface area is 170 Å². The average Bonchev–Trinajstić information content (AvgIpc) is 2.76. The number of nitro benzene ring substituents is 1. The van der Waals surface area contributed by atoms with Crippen molar-refractivity contribution < 1.29 is 38.3 Å². The second-order valence-electron chi connectivity index (χ2n) is 5.72. The second kappa shape index (κ2) is 9.37. The topological polar surface area (TPSA) is 143 Å². The number of nitrogens with one attached hydrogen (secondary N) is 1. The van der Waals surface area contributed by atoms with E-state index in [4.69, 9.17) is 9.47 Å². The number of carbonyl (C=O) groups is 3. The normalized spacial score (nSPS) is 10.0. The van der Waals surface area contributed by atoms with Crippen molar-refractivity contribution in [1.29, 1.82) is 0 Å². The Bertz CT molecular complexity index is 983. The number of benzene rings is 2. The van der Waals surface area contributed by atoms with Crippen molar-refractivity contribution in [2.45, 2.75) is 0 Å². The maximum absolute atomic E-state index is 12.8. The molecule has 1 N–H and O–H groups in total. The van der Waals surface area contributed by atoms with Gasteiger partial charge in [-0.2, -0.15) is 0 Å². The number of ether oxygens (including phenoxy) is 4. The van der Waals surface area contributed by atoms with Crippen LogP contribution in [0.15, 0.2) is 30.3 Å². The van der Waals surface area contributed by atoms with Gasteiger partial charge in [0.2, 0.25) is 0 Å². The Morgan fingerprint density at radius 1 is 0.833 bits per heavy atom. The van der Waals surface area contributed by atoms with Crippen LogP contribution in [-0.4, -0.2) is 51.2 Å². The van der Waals surface area contributed by atoms with Gasteiger partial charge in [0.1, 0.15) is 5.56 Å². The molecule has 2 aromatic carbocycles. The Balaban J connectivity index is 2.52. The average molecular weight is 418 g/mol. The van der Waals surface area contributed by atoms with Crippen molar-refractivity contribution in [1.82, 2.24) is 0 Å². The van der Waals surface area contributed by atoms with Gasteiger partial charge < -0.3 is 24.3 Å². The highest BCUT2D eigenvalue weighted by Gasteiger charge is 2.25. The van der Waals surface area contributed by atoms with Crippen molar-refractivity contribution in [3.05, 3.63) is 57.1 Å². The lowest BCUT2D eigenvalue weighted by Gasteiger charge is -2.12. The van der Waals surface area contributed by atoms with Crippen LogP contribution in [0.3, 0.4) is 0 Å². The lowest BCUT2D eigenvalue weighted by atomic mass is 10.1. The van der Waals surface area contributed by atoms with Gasteiger partial charge in [0.25, 0.3) is 11.6 Å². The smallest absolute Gasteiger partial charge is 0.337 e. The van der Waals surface area contributed by atoms with Gasteiger partial charge in [-0.15, -0.1) is 0 Å². The molecule has 0 radical (unpaired) electrons. The fourth-order valence-corrected chi connectivity index (χ4v) is 2.57. The van der Waals surface area contributed by atoms with Crippen LogP contribution in [0.5, 0.6) is 11.5 Å². The van der Waals surface area contributed by atoms with Crippen LogP contribution in [0, 0.1) is 10.1 Å². The largest absolute Gasteiger partial charge is 0.493 e. The standard InChI is InChI=1S/C19H18N2O9/c1-27-15-8-13(14(21(25)26)9-16(15)28-2)17(22)20-12-6-10(18(23)29-3)5-11(7-12)19(24)30-4/h5-9H,1-4H3,(H,20,22). The van der Waals surface area contributed by atoms with Gasteiger partial charge in [0, 0.05) is 11.8 Å². The minimum atomic E-state index is -0.875. The molecule has 2 rings (SSSR count). The van der Waals surface area contributed by atoms with Crippen molar-refractivity contribution in [3.8, 4) is 11.5 Å². The van der Waals surface area contributed by atoms with Crippen LogP contribution in [0.2, 0.25) is 0 Å². The predicted molar refractivity (Wildman–Crippen MR) is 103 cm³/mol. The molecular formula is C19H18N2O9. The first-order valence-corrected chi connectivity index (χ1v) is 8.29. The Morgan fingerprint density at radius 2 is 1.33 bits per heavy atom. The molecule has 0 aliphatic carbocycles. The van der Waals surface area contributed by atoms with Crippen molar-refractivity contribution in [2.24, 2.45) is 0 Å². The third-order valence-electron chi connectivity index (χ3n) is 3.98. The first-order valence-electron chi connectivity index (χ1n) is 8.29. The SMILES string of the molecule is COC(=O)c1cc(NC(=O)c2cc(OC)c(OC)cc2[N+](=O)[O-])cc(C(=O)OC)c1. The van der Waals surface area contributed by atoms with E-state index in [0.717, 1.165) is 26.4 Å². The van der Waals surface area contributed by atoms with Gasteiger partial charge in [0.05, 0.1) is 50.6 Å². The Morgan fingerprint density at radius 3 is 1.77 bits per heavy atom. The van der Waals surface area contributed by atoms with Gasteiger partial charge in [-0.25, -0.2) is 9.59 Å². The molecular weight excluding hydrogens is 400 g/mol. The summed E-state index contributed by atoms with van der Waals surface area (Å²) in [7, 11) is 4.92. The quantitative estimate of drug-likeness (QED) is 0.407. The van der Waals surface area contributed by atoms with E-state index in [0.29, 0.717) is 0 Å². The lowest BCUT2D eigenvalue weighted by Crippen LogP contribution is -2.16. The van der Waals surface area contributed by atoms with Crippen LogP contribution in [0.4, 0.5) is 11.4 Å². The van der Waals surface area contributed by atoms with Crippen LogP contribution in [0.1, 0.15) is 31.1 Å². The number of hydrogen-bond donors (Lipinski definition) is 1. The van der Waals surface area contributed by atoms with Gasteiger partial charge >= 0.3 is 11.9 Å². The van der Waals surface area contributed by atoms with E-state index in [1.54, 1.807) is 0 Å². The van der Waals surface area contributed by atoms with Crippen LogP contribution >= 0.6 is 0 Å². The molecule has 0 atom stereocenters. The summed E-state index contributed by atoms with van der Waals surface area (Å²) in [5.41, 5.74) is -0.884. The molecule has 2 aromatic rings. The highest BCUT2D eigenvalue weighted by atomic mass is 16.6. The first kappa shape index (κ1) is 22.1. The molecule has 158 valence electrons. The Hall–Kier alpha value is -4.15. The first-order chi connectivity index (χ1) is 14.2. The van der Waals surface area contributed by atoms with E-state index in [2.05, 4.69) is 14.8 Å². The maximum Gasteiger partial charge on any atom is 0.337 e. The number of amides is 1. The van der Waals surface area contributed by atoms with Gasteiger partial charge in [-0.1, -0.05) is 0 Å². The van der Waals surface area contributed by atoms with Crippen LogP contribution < -0.4 is 14.8 Å². The number of rotatable bonds is 7. The third kappa shape index (κ3) is 4.63. The van der Waals surface area contributed by atoms with Crippen LogP contribution in [-0.2, 0) is 9.47 Å². The Kier molecular flexibility index (Phi) is 6.91. The molecule has 0 unspecified atom stereocenters. The maximum atomic E-state index is 12.8. The molecule has 0 heterocycles. The highest BCUT2D eigenvalue weighted by molar-refractivity contribution is 6.08. The van der Waals surface area contributed by atoms with E-state index in [-0.39, 0.29) is 33.9 Å². The fourth-order valence-electron chi connectivity index (χ4n) is 2.57. The fraction of sp³-hybridized carbons (Fsp3) is 0.211. The number of esters is 2. The van der Waals surface area contributed by atoms with E-state index in [1.165, 1.54) is 32.4 Å². The zero-order chi connectivity index (χ0) is 22.4. The summed E-state index contributed by atoms with van der Waals surface area (Å²) in [5.74, 6) is -2.21. The van der Waals surface area contributed by atoms with E-state index < -0.39 is 28.5 Å². The number of carbonyl (C=O) groups excluding carboxylic acids is 3. The molecule has 1 amide bonds. The van der Waals surface area contributed by atoms with Gasteiger partial charge in [-0.05, 0) is 18.2 Å². The van der Waals surface area contributed by atoms with Crippen molar-refractivity contribution in [3.63, 3.8) is 0 Å². The molecule has 0 aromatic heterocycles. The number of anilines is 1. The van der Waals surface area contributed by atoms with Gasteiger partial charge in [-0.3, -0.25) is 14.9 Å². The highest BCUT2D eigenvalue weighted by Crippen LogP contribution is 2.35. The zero-order valence-corrected chi connectivity index (χ0v) is 16.5. The van der Waals surface area contributed by atoms with E-state index in [1.807, 2.05) is 0 Å². The molecule has 0 saturated heterocycles. The minimum absolute atomic E-state index is 0.0207. The summed E-state index contributed by atoms with van der Waals surface area (Å²) in [6, 6.07) is 5.94. The summed E-state index contributed by atoms with van der Waals surface area (Å²) >= 11 is 0. The van der Waals surface area contributed by atoms with E-state index in [9.17, 15) is 24.5 Å². The lowest BCUT2D eigenvalue weighted by molar-refractivity contribution is -0.385. The molecule has 0 bridgehead atoms. The number of nitrogens with zero attached hydrogens (tertiary/aromatic N) is 1. The second-order valence-corrected chi connectivity index (χ2v) is 5.72. The molecule has 0 aliphatic rings. The third-order valence-corrected chi connectivity index (χ3v) is 3.98. The predicted octanol–water partition coefficient (Wildman–Crippen LogP) is 2.44. The molecule has 11 heteroatoms. The summed E-state index contributed by atoms with van der Waals surface area (Å²) in [6.07, 6.45) is 0. The minimum Gasteiger partial charge on any atom is -0.493 e. The molecule has 0 aliphatic heterocycles. The molecule has 0 spiro atoms. The van der Waals surface area contributed by atoms with Crippen molar-refractivity contribution >= 4 is 29.2 Å². The molecule has 11 nitrogen and oxygen atoms in total.